The number of para-hydroxylation sites is 1. The molecule has 0 aliphatic rings. The van der Waals surface area contributed by atoms with E-state index in [1.54, 1.807) is 6.07 Å². The van der Waals surface area contributed by atoms with Crippen molar-refractivity contribution in [2.45, 2.75) is 0 Å². The maximum Gasteiger partial charge on any atom is 0.236 e. The summed E-state index contributed by atoms with van der Waals surface area (Å²) in [5.41, 5.74) is 7.41. The number of pyridine rings is 2. The Labute approximate surface area is 103 Å². The number of rotatable bonds is 1. The van der Waals surface area contributed by atoms with E-state index in [4.69, 9.17) is 5.73 Å². The zero-order valence-electron chi connectivity index (χ0n) is 9.47. The van der Waals surface area contributed by atoms with Gasteiger partial charge in [0.25, 0.3) is 0 Å². The maximum atomic E-state index is 13.3. The zero-order chi connectivity index (χ0) is 12.5. The first kappa shape index (κ1) is 10.7. The Morgan fingerprint density at radius 1 is 0.833 bits per heavy atom. The predicted octanol–water partition coefficient (Wildman–Crippen LogP) is 3.02. The van der Waals surface area contributed by atoms with Crippen LogP contribution in [0.4, 0.5) is 10.1 Å². The van der Waals surface area contributed by atoms with Crippen LogP contribution in [0.3, 0.4) is 0 Å². The molecule has 0 saturated carbocycles. The van der Waals surface area contributed by atoms with Crippen molar-refractivity contribution in [1.82, 2.24) is 9.97 Å². The molecule has 0 bridgehead atoms. The molecule has 2 aromatic heterocycles. The Morgan fingerprint density at radius 2 is 1.56 bits per heavy atom. The fourth-order valence-corrected chi connectivity index (χ4v) is 1.80. The summed E-state index contributed by atoms with van der Waals surface area (Å²) in [4.78, 5) is 8.24. The van der Waals surface area contributed by atoms with Crippen LogP contribution >= 0.6 is 0 Å². The normalized spacial score (nSPS) is 10.7. The Morgan fingerprint density at radius 3 is 2.39 bits per heavy atom. The lowest BCUT2D eigenvalue weighted by Crippen LogP contribution is -1.96. The van der Waals surface area contributed by atoms with Gasteiger partial charge < -0.3 is 5.73 Å². The number of fused-ring (bicyclic) bond motifs is 1. The SMILES string of the molecule is Nc1ccc(-c2ccc3ccccc3n2)nc1F. The quantitative estimate of drug-likeness (QED) is 0.664. The average molecular weight is 239 g/mol. The van der Waals surface area contributed by atoms with Gasteiger partial charge in [-0.25, -0.2) is 9.97 Å². The minimum absolute atomic E-state index is 0.0412. The van der Waals surface area contributed by atoms with Gasteiger partial charge in [0, 0.05) is 5.39 Å². The number of halogens is 1. The maximum absolute atomic E-state index is 13.3. The smallest absolute Gasteiger partial charge is 0.236 e. The first-order valence-electron chi connectivity index (χ1n) is 5.52. The highest BCUT2D eigenvalue weighted by Gasteiger charge is 2.06. The summed E-state index contributed by atoms with van der Waals surface area (Å²) < 4.78 is 13.3. The first-order chi connectivity index (χ1) is 8.74. The summed E-state index contributed by atoms with van der Waals surface area (Å²) in [6.45, 7) is 0. The van der Waals surface area contributed by atoms with Crippen molar-refractivity contribution in [3.63, 3.8) is 0 Å². The van der Waals surface area contributed by atoms with Gasteiger partial charge in [-0.1, -0.05) is 24.3 Å². The Kier molecular flexibility index (Phi) is 2.41. The molecule has 0 spiro atoms. The monoisotopic (exact) mass is 239 g/mol. The van der Waals surface area contributed by atoms with Crippen LogP contribution in [-0.2, 0) is 0 Å². The van der Waals surface area contributed by atoms with Gasteiger partial charge in [-0.2, -0.15) is 4.39 Å². The van der Waals surface area contributed by atoms with E-state index >= 15 is 0 Å². The number of nitrogen functional groups attached to an aromatic ring is 1. The Balaban J connectivity index is 2.16. The van der Waals surface area contributed by atoms with Gasteiger partial charge >= 0.3 is 0 Å². The molecular weight excluding hydrogens is 229 g/mol. The summed E-state index contributed by atoms with van der Waals surface area (Å²) in [5.74, 6) is -0.664. The molecule has 88 valence electrons. The molecule has 0 aliphatic carbocycles. The standard InChI is InChI=1S/C14H10FN3/c15-14-10(16)6-8-13(18-14)12-7-5-9-3-1-2-4-11(9)17-12/h1-8H,16H2. The van der Waals surface area contributed by atoms with Crippen molar-refractivity contribution < 1.29 is 4.39 Å². The van der Waals surface area contributed by atoms with Gasteiger partial charge in [-0.3, -0.25) is 0 Å². The molecule has 0 fully saturated rings. The topological polar surface area (TPSA) is 51.8 Å². The molecule has 0 atom stereocenters. The van der Waals surface area contributed by atoms with Crippen LogP contribution < -0.4 is 5.73 Å². The van der Waals surface area contributed by atoms with Crippen LogP contribution in [0.5, 0.6) is 0 Å². The highest BCUT2D eigenvalue weighted by atomic mass is 19.1. The van der Waals surface area contributed by atoms with E-state index in [-0.39, 0.29) is 5.69 Å². The number of anilines is 1. The third kappa shape index (κ3) is 1.78. The van der Waals surface area contributed by atoms with E-state index in [0.29, 0.717) is 11.4 Å². The lowest BCUT2D eigenvalue weighted by atomic mass is 10.1. The number of hydrogen-bond donors (Lipinski definition) is 1. The second-order valence-corrected chi connectivity index (χ2v) is 3.97. The van der Waals surface area contributed by atoms with Crippen molar-refractivity contribution in [3.8, 4) is 11.4 Å². The molecule has 0 saturated heterocycles. The molecule has 3 rings (SSSR count). The highest BCUT2D eigenvalue weighted by molar-refractivity contribution is 5.81. The van der Waals surface area contributed by atoms with E-state index in [2.05, 4.69) is 9.97 Å². The molecule has 2 N–H and O–H groups in total. The molecule has 0 unspecified atom stereocenters. The average Bonchev–Trinajstić information content (AvgIpc) is 2.41. The summed E-state index contributed by atoms with van der Waals surface area (Å²) >= 11 is 0. The fourth-order valence-electron chi connectivity index (χ4n) is 1.80. The second-order valence-electron chi connectivity index (χ2n) is 3.97. The third-order valence-corrected chi connectivity index (χ3v) is 2.74. The zero-order valence-corrected chi connectivity index (χ0v) is 9.47. The van der Waals surface area contributed by atoms with Crippen LogP contribution in [0, 0.1) is 5.95 Å². The molecule has 0 aliphatic heterocycles. The summed E-state index contributed by atoms with van der Waals surface area (Å²) in [5, 5.41) is 1.04. The molecule has 2 heterocycles. The summed E-state index contributed by atoms with van der Waals surface area (Å²) in [7, 11) is 0. The third-order valence-electron chi connectivity index (χ3n) is 2.74. The van der Waals surface area contributed by atoms with Crippen molar-refractivity contribution in [2.24, 2.45) is 0 Å². The van der Waals surface area contributed by atoms with E-state index < -0.39 is 5.95 Å². The van der Waals surface area contributed by atoms with Gasteiger partial charge in [0.05, 0.1) is 22.6 Å². The largest absolute Gasteiger partial charge is 0.395 e. The molecule has 4 heteroatoms. The van der Waals surface area contributed by atoms with E-state index in [1.807, 2.05) is 36.4 Å². The van der Waals surface area contributed by atoms with Crippen LogP contribution in [0.1, 0.15) is 0 Å². The molecule has 0 radical (unpaired) electrons. The number of nitrogens with zero attached hydrogens (tertiary/aromatic N) is 2. The van der Waals surface area contributed by atoms with E-state index in [1.165, 1.54) is 6.07 Å². The highest BCUT2D eigenvalue weighted by Crippen LogP contribution is 2.20. The van der Waals surface area contributed by atoms with Gasteiger partial charge in [0.15, 0.2) is 0 Å². The lowest BCUT2D eigenvalue weighted by Gasteiger charge is -2.03. The number of hydrogen-bond acceptors (Lipinski definition) is 3. The number of nitrogens with two attached hydrogens (primary N) is 1. The fraction of sp³-hybridized carbons (Fsp3) is 0. The van der Waals surface area contributed by atoms with Crippen molar-refractivity contribution in [3.05, 3.63) is 54.5 Å². The molecule has 1 aromatic carbocycles. The van der Waals surface area contributed by atoms with E-state index in [0.717, 1.165) is 10.9 Å². The minimum Gasteiger partial charge on any atom is -0.395 e. The van der Waals surface area contributed by atoms with Crippen molar-refractivity contribution in [1.29, 1.82) is 0 Å². The number of aromatic nitrogens is 2. The van der Waals surface area contributed by atoms with Gasteiger partial charge in [0.2, 0.25) is 5.95 Å². The summed E-state index contributed by atoms with van der Waals surface area (Å²) in [6.07, 6.45) is 0. The van der Waals surface area contributed by atoms with Gasteiger partial charge in [0.1, 0.15) is 0 Å². The predicted molar refractivity (Wildman–Crippen MR) is 69.3 cm³/mol. The first-order valence-corrected chi connectivity index (χ1v) is 5.52. The van der Waals surface area contributed by atoms with Crippen LogP contribution in [0.15, 0.2) is 48.5 Å². The molecule has 18 heavy (non-hydrogen) atoms. The molecule has 0 amide bonds. The van der Waals surface area contributed by atoms with E-state index in [9.17, 15) is 4.39 Å². The Bertz CT molecular complexity index is 725. The van der Waals surface area contributed by atoms with Crippen LogP contribution in [0.2, 0.25) is 0 Å². The second kappa shape index (κ2) is 4.07. The molecule has 3 aromatic rings. The summed E-state index contributed by atoms with van der Waals surface area (Å²) in [6, 6.07) is 14.7. The number of benzene rings is 1. The van der Waals surface area contributed by atoms with Crippen molar-refractivity contribution in [2.75, 3.05) is 5.73 Å². The van der Waals surface area contributed by atoms with Crippen LogP contribution in [0.25, 0.3) is 22.3 Å². The minimum atomic E-state index is -0.664. The molecular formula is C14H10FN3. The molecule has 3 nitrogen and oxygen atoms in total. The van der Waals surface area contributed by atoms with Gasteiger partial charge in [-0.15, -0.1) is 0 Å². The van der Waals surface area contributed by atoms with Crippen LogP contribution in [-0.4, -0.2) is 9.97 Å². The van der Waals surface area contributed by atoms with Crippen molar-refractivity contribution >= 4 is 16.6 Å². The lowest BCUT2D eigenvalue weighted by molar-refractivity contribution is 0.590. The van der Waals surface area contributed by atoms with Gasteiger partial charge in [-0.05, 0) is 24.3 Å². The Hall–Kier alpha value is -2.49.